The number of likely N-dealkylation sites (tertiary alicyclic amines) is 1. The van der Waals surface area contributed by atoms with Crippen LogP contribution in [0.3, 0.4) is 0 Å². The van der Waals surface area contributed by atoms with Crippen LogP contribution >= 0.6 is 0 Å². The summed E-state index contributed by atoms with van der Waals surface area (Å²) in [6, 6.07) is 1.92. The molecule has 2 heterocycles. The zero-order chi connectivity index (χ0) is 9.80. The first-order valence-electron chi connectivity index (χ1n) is 5.37. The lowest BCUT2D eigenvalue weighted by Gasteiger charge is -2.18. The SMILES string of the molecule is Nc1cc(CN2CCCCCC2)[nH]n1. The van der Waals surface area contributed by atoms with Gasteiger partial charge in [-0.3, -0.25) is 10.00 Å². The summed E-state index contributed by atoms with van der Waals surface area (Å²) in [7, 11) is 0. The van der Waals surface area contributed by atoms with Crippen LogP contribution in [0.25, 0.3) is 0 Å². The molecule has 0 bridgehead atoms. The molecule has 0 saturated carbocycles. The predicted molar refractivity (Wildman–Crippen MR) is 56.7 cm³/mol. The minimum atomic E-state index is 0.592. The molecular formula is C10H18N4. The predicted octanol–water partition coefficient (Wildman–Crippen LogP) is 1.37. The number of H-pyrrole nitrogens is 1. The third-order valence-electron chi connectivity index (χ3n) is 2.74. The van der Waals surface area contributed by atoms with Crippen molar-refractivity contribution in [2.75, 3.05) is 18.8 Å². The summed E-state index contributed by atoms with van der Waals surface area (Å²) in [5.74, 6) is 0.592. The number of nitrogen functional groups attached to an aromatic ring is 1. The van der Waals surface area contributed by atoms with Gasteiger partial charge < -0.3 is 5.73 Å². The standard InChI is InChI=1S/C10H18N4/c11-10-7-9(12-13-10)8-14-5-3-1-2-4-6-14/h7H,1-6,8H2,(H3,11,12,13). The molecule has 14 heavy (non-hydrogen) atoms. The molecule has 1 aromatic rings. The highest BCUT2D eigenvalue weighted by molar-refractivity contribution is 5.28. The maximum Gasteiger partial charge on any atom is 0.145 e. The van der Waals surface area contributed by atoms with Crippen LogP contribution in [0.1, 0.15) is 31.4 Å². The van der Waals surface area contributed by atoms with Crippen LogP contribution in [0.4, 0.5) is 5.82 Å². The van der Waals surface area contributed by atoms with Crippen LogP contribution < -0.4 is 5.73 Å². The van der Waals surface area contributed by atoms with E-state index in [0.717, 1.165) is 12.2 Å². The van der Waals surface area contributed by atoms with E-state index in [2.05, 4.69) is 15.1 Å². The van der Waals surface area contributed by atoms with Crippen molar-refractivity contribution in [3.63, 3.8) is 0 Å². The summed E-state index contributed by atoms with van der Waals surface area (Å²) in [6.07, 6.45) is 5.40. The van der Waals surface area contributed by atoms with Crippen LogP contribution in [-0.2, 0) is 6.54 Å². The first-order chi connectivity index (χ1) is 6.84. The molecule has 4 heteroatoms. The third kappa shape index (κ3) is 2.48. The molecule has 0 spiro atoms. The van der Waals surface area contributed by atoms with E-state index < -0.39 is 0 Å². The van der Waals surface area contributed by atoms with Gasteiger partial charge in [0.25, 0.3) is 0 Å². The largest absolute Gasteiger partial charge is 0.382 e. The number of nitrogens with zero attached hydrogens (tertiary/aromatic N) is 2. The summed E-state index contributed by atoms with van der Waals surface area (Å²) in [4.78, 5) is 2.47. The number of nitrogens with one attached hydrogen (secondary N) is 1. The van der Waals surface area contributed by atoms with Gasteiger partial charge in [-0.2, -0.15) is 5.10 Å². The summed E-state index contributed by atoms with van der Waals surface area (Å²) in [5.41, 5.74) is 6.68. The zero-order valence-electron chi connectivity index (χ0n) is 8.50. The van der Waals surface area contributed by atoms with E-state index in [1.54, 1.807) is 0 Å². The Morgan fingerprint density at radius 1 is 1.29 bits per heavy atom. The minimum absolute atomic E-state index is 0.592. The van der Waals surface area contributed by atoms with Gasteiger partial charge in [0, 0.05) is 12.6 Å². The topological polar surface area (TPSA) is 57.9 Å². The Balaban J connectivity index is 1.89. The van der Waals surface area contributed by atoms with Crippen molar-refractivity contribution in [3.05, 3.63) is 11.8 Å². The Kier molecular flexibility index (Phi) is 3.03. The van der Waals surface area contributed by atoms with E-state index in [-0.39, 0.29) is 0 Å². The van der Waals surface area contributed by atoms with Gasteiger partial charge in [0.2, 0.25) is 0 Å². The van der Waals surface area contributed by atoms with Crippen molar-refractivity contribution >= 4 is 5.82 Å². The third-order valence-corrected chi connectivity index (χ3v) is 2.74. The molecule has 1 aliphatic heterocycles. The second-order valence-corrected chi connectivity index (χ2v) is 4.01. The van der Waals surface area contributed by atoms with Crippen LogP contribution in [0.2, 0.25) is 0 Å². The van der Waals surface area contributed by atoms with Crippen molar-refractivity contribution in [1.29, 1.82) is 0 Å². The Hall–Kier alpha value is -1.03. The van der Waals surface area contributed by atoms with E-state index >= 15 is 0 Å². The normalized spacial score (nSPS) is 19.4. The maximum atomic E-state index is 5.55. The summed E-state index contributed by atoms with van der Waals surface area (Å²) in [6.45, 7) is 3.38. The van der Waals surface area contributed by atoms with E-state index in [1.165, 1.54) is 38.8 Å². The molecule has 0 atom stereocenters. The highest BCUT2D eigenvalue weighted by Gasteiger charge is 2.10. The number of nitrogens with two attached hydrogens (primary N) is 1. The Morgan fingerprint density at radius 2 is 2.00 bits per heavy atom. The monoisotopic (exact) mass is 194 g/mol. The fraction of sp³-hybridized carbons (Fsp3) is 0.700. The van der Waals surface area contributed by atoms with Gasteiger partial charge in [-0.05, 0) is 25.9 Å². The van der Waals surface area contributed by atoms with Crippen LogP contribution in [-0.4, -0.2) is 28.2 Å². The van der Waals surface area contributed by atoms with Gasteiger partial charge in [0.1, 0.15) is 5.82 Å². The summed E-state index contributed by atoms with van der Waals surface area (Å²) >= 11 is 0. The van der Waals surface area contributed by atoms with Gasteiger partial charge in [-0.25, -0.2) is 0 Å². The van der Waals surface area contributed by atoms with E-state index in [0.29, 0.717) is 5.82 Å². The molecule has 78 valence electrons. The van der Waals surface area contributed by atoms with Crippen molar-refractivity contribution in [2.24, 2.45) is 0 Å². The Bertz CT molecular complexity index is 273. The molecule has 2 rings (SSSR count). The fourth-order valence-electron chi connectivity index (χ4n) is 2.00. The molecule has 0 aromatic carbocycles. The molecule has 1 fully saturated rings. The van der Waals surface area contributed by atoms with Gasteiger partial charge in [-0.1, -0.05) is 12.8 Å². The van der Waals surface area contributed by atoms with E-state index in [1.807, 2.05) is 6.07 Å². The second kappa shape index (κ2) is 4.46. The number of aromatic amines is 1. The van der Waals surface area contributed by atoms with Gasteiger partial charge in [0.15, 0.2) is 0 Å². The maximum absolute atomic E-state index is 5.55. The molecule has 1 saturated heterocycles. The lowest BCUT2D eigenvalue weighted by molar-refractivity contribution is 0.273. The lowest BCUT2D eigenvalue weighted by atomic mass is 10.2. The molecular weight excluding hydrogens is 176 g/mol. The van der Waals surface area contributed by atoms with Crippen molar-refractivity contribution < 1.29 is 0 Å². The van der Waals surface area contributed by atoms with Crippen molar-refractivity contribution in [1.82, 2.24) is 15.1 Å². The lowest BCUT2D eigenvalue weighted by Crippen LogP contribution is -2.24. The molecule has 4 nitrogen and oxygen atoms in total. The first kappa shape index (κ1) is 9.52. The van der Waals surface area contributed by atoms with Crippen molar-refractivity contribution in [3.8, 4) is 0 Å². The van der Waals surface area contributed by atoms with Crippen molar-refractivity contribution in [2.45, 2.75) is 32.2 Å². The number of rotatable bonds is 2. The zero-order valence-corrected chi connectivity index (χ0v) is 8.50. The molecule has 3 N–H and O–H groups in total. The smallest absolute Gasteiger partial charge is 0.145 e. The molecule has 0 aliphatic carbocycles. The van der Waals surface area contributed by atoms with Gasteiger partial charge >= 0.3 is 0 Å². The molecule has 1 aromatic heterocycles. The number of hydrogen-bond acceptors (Lipinski definition) is 3. The van der Waals surface area contributed by atoms with E-state index in [4.69, 9.17) is 5.73 Å². The average Bonchev–Trinajstić information content (AvgIpc) is 2.43. The fourth-order valence-corrected chi connectivity index (χ4v) is 2.00. The molecule has 1 aliphatic rings. The van der Waals surface area contributed by atoms with Crippen LogP contribution in [0.5, 0.6) is 0 Å². The Labute approximate surface area is 84.5 Å². The van der Waals surface area contributed by atoms with Crippen LogP contribution in [0, 0.1) is 0 Å². The Morgan fingerprint density at radius 3 is 2.57 bits per heavy atom. The number of aromatic nitrogens is 2. The van der Waals surface area contributed by atoms with Crippen LogP contribution in [0.15, 0.2) is 6.07 Å². The minimum Gasteiger partial charge on any atom is -0.382 e. The molecule has 0 radical (unpaired) electrons. The highest BCUT2D eigenvalue weighted by atomic mass is 15.2. The number of hydrogen-bond donors (Lipinski definition) is 2. The average molecular weight is 194 g/mol. The summed E-state index contributed by atoms with van der Waals surface area (Å²) < 4.78 is 0. The molecule has 0 unspecified atom stereocenters. The second-order valence-electron chi connectivity index (χ2n) is 4.01. The first-order valence-corrected chi connectivity index (χ1v) is 5.37. The highest BCUT2D eigenvalue weighted by Crippen LogP contribution is 2.12. The van der Waals surface area contributed by atoms with Gasteiger partial charge in [-0.15, -0.1) is 0 Å². The number of anilines is 1. The van der Waals surface area contributed by atoms with Gasteiger partial charge in [0.05, 0.1) is 5.69 Å². The quantitative estimate of drug-likeness (QED) is 0.747. The van der Waals surface area contributed by atoms with E-state index in [9.17, 15) is 0 Å². The molecule has 0 amide bonds. The summed E-state index contributed by atoms with van der Waals surface area (Å²) in [5, 5.41) is 6.89.